The predicted octanol–water partition coefficient (Wildman–Crippen LogP) is 2.59. The number of rotatable bonds is 1. The highest BCUT2D eigenvalue weighted by atomic mass is 79.9. The van der Waals surface area contributed by atoms with E-state index in [-0.39, 0.29) is 4.83 Å². The molecule has 0 aliphatic carbocycles. The third-order valence-corrected chi connectivity index (χ3v) is 1.62. The molecule has 1 aromatic heterocycles. The molecule has 0 saturated heterocycles. The highest BCUT2D eigenvalue weighted by Crippen LogP contribution is 2.17. The van der Waals surface area contributed by atoms with Crippen LogP contribution < -0.4 is 0 Å². The quantitative estimate of drug-likeness (QED) is 0.538. The Bertz CT molecular complexity index is 227. The van der Waals surface area contributed by atoms with Crippen molar-refractivity contribution in [2.75, 3.05) is 0 Å². The third kappa shape index (κ3) is 1.92. The minimum Gasteiger partial charge on any atom is -0.240 e. The van der Waals surface area contributed by atoms with Gasteiger partial charge in [-0.25, -0.2) is 9.97 Å². The van der Waals surface area contributed by atoms with Crippen LogP contribution in [0.5, 0.6) is 0 Å². The molecule has 1 heterocycles. The highest BCUT2D eigenvalue weighted by molar-refractivity contribution is 9.09. The van der Waals surface area contributed by atoms with Crippen molar-refractivity contribution < 1.29 is 0 Å². The number of nitrogens with zero attached hydrogens (tertiary/aromatic N) is 2. The fraction of sp³-hybridized carbons (Fsp3) is 0.333. The van der Waals surface area contributed by atoms with E-state index in [2.05, 4.69) is 25.9 Å². The summed E-state index contributed by atoms with van der Waals surface area (Å²) in [5.74, 6) is 0.715. The summed E-state index contributed by atoms with van der Waals surface area (Å²) in [7, 11) is 0. The van der Waals surface area contributed by atoms with Crippen LogP contribution >= 0.6 is 27.5 Å². The van der Waals surface area contributed by atoms with Crippen molar-refractivity contribution in [3.05, 3.63) is 23.2 Å². The van der Waals surface area contributed by atoms with Gasteiger partial charge in [0.1, 0.15) is 11.0 Å². The Morgan fingerprint density at radius 2 is 2.40 bits per heavy atom. The summed E-state index contributed by atoms with van der Waals surface area (Å²) in [4.78, 5) is 8.14. The van der Waals surface area contributed by atoms with E-state index in [1.807, 2.05) is 6.92 Å². The molecule has 0 fully saturated rings. The third-order valence-electron chi connectivity index (χ3n) is 0.996. The molecule has 2 nitrogen and oxygen atoms in total. The predicted molar refractivity (Wildman–Crippen MR) is 44.4 cm³/mol. The molecule has 0 radical (unpaired) electrons. The van der Waals surface area contributed by atoms with Gasteiger partial charge in [0.15, 0.2) is 0 Å². The van der Waals surface area contributed by atoms with Crippen molar-refractivity contribution in [1.29, 1.82) is 0 Å². The fourth-order valence-electron chi connectivity index (χ4n) is 0.542. The van der Waals surface area contributed by atoms with Crippen molar-refractivity contribution in [2.24, 2.45) is 0 Å². The summed E-state index contributed by atoms with van der Waals surface area (Å²) < 4.78 is 0. The molecule has 54 valence electrons. The van der Waals surface area contributed by atoms with Gasteiger partial charge in [0.25, 0.3) is 0 Å². The minimum absolute atomic E-state index is 0.159. The zero-order valence-electron chi connectivity index (χ0n) is 5.38. The van der Waals surface area contributed by atoms with Crippen molar-refractivity contribution in [1.82, 2.24) is 9.97 Å². The lowest BCUT2D eigenvalue weighted by Gasteiger charge is -1.99. The first kappa shape index (κ1) is 7.95. The second-order valence-electron chi connectivity index (χ2n) is 1.85. The average molecular weight is 221 g/mol. The maximum absolute atomic E-state index is 5.62. The van der Waals surface area contributed by atoms with Crippen molar-refractivity contribution in [3.8, 4) is 0 Å². The molecular weight excluding hydrogens is 215 g/mol. The molecule has 0 N–H and O–H groups in total. The zero-order chi connectivity index (χ0) is 7.56. The Kier molecular flexibility index (Phi) is 2.63. The fourth-order valence-corrected chi connectivity index (χ4v) is 0.906. The van der Waals surface area contributed by atoms with E-state index in [4.69, 9.17) is 11.6 Å². The second-order valence-corrected chi connectivity index (χ2v) is 3.61. The largest absolute Gasteiger partial charge is 0.240 e. The summed E-state index contributed by atoms with van der Waals surface area (Å²) in [5, 5.41) is 0.483. The molecule has 1 atom stereocenters. The highest BCUT2D eigenvalue weighted by Gasteiger charge is 2.02. The van der Waals surface area contributed by atoms with Gasteiger partial charge >= 0.3 is 0 Å². The van der Waals surface area contributed by atoms with Gasteiger partial charge in [0, 0.05) is 6.20 Å². The topological polar surface area (TPSA) is 25.8 Å². The maximum Gasteiger partial charge on any atom is 0.143 e. The molecule has 0 aromatic carbocycles. The van der Waals surface area contributed by atoms with Crippen LogP contribution in [0, 0.1) is 0 Å². The number of aromatic nitrogens is 2. The van der Waals surface area contributed by atoms with Crippen LogP contribution in [-0.2, 0) is 0 Å². The molecule has 1 aromatic rings. The SMILES string of the molecule is C[C@H](Br)c1nccc(Cl)n1. The number of alkyl halides is 1. The van der Waals surface area contributed by atoms with Gasteiger partial charge in [-0.3, -0.25) is 0 Å². The van der Waals surface area contributed by atoms with Gasteiger partial charge < -0.3 is 0 Å². The lowest BCUT2D eigenvalue weighted by Crippen LogP contribution is -1.93. The monoisotopic (exact) mass is 220 g/mol. The van der Waals surface area contributed by atoms with E-state index in [1.54, 1.807) is 12.3 Å². The maximum atomic E-state index is 5.62. The normalized spacial score (nSPS) is 13.1. The molecule has 0 spiro atoms. The van der Waals surface area contributed by atoms with Gasteiger partial charge in [0.05, 0.1) is 4.83 Å². The van der Waals surface area contributed by atoms with E-state index in [0.717, 1.165) is 0 Å². The summed E-state index contributed by atoms with van der Waals surface area (Å²) >= 11 is 8.95. The molecule has 0 unspecified atom stereocenters. The summed E-state index contributed by atoms with van der Waals surface area (Å²) in [5.41, 5.74) is 0. The van der Waals surface area contributed by atoms with E-state index < -0.39 is 0 Å². The molecule has 0 aliphatic rings. The first-order valence-electron chi connectivity index (χ1n) is 2.82. The number of hydrogen-bond acceptors (Lipinski definition) is 2. The molecule has 0 bridgehead atoms. The Morgan fingerprint density at radius 1 is 1.70 bits per heavy atom. The van der Waals surface area contributed by atoms with E-state index in [0.29, 0.717) is 11.0 Å². The minimum atomic E-state index is 0.159. The summed E-state index contributed by atoms with van der Waals surface area (Å²) in [6.45, 7) is 1.95. The van der Waals surface area contributed by atoms with Crippen LogP contribution in [0.3, 0.4) is 0 Å². The first-order valence-corrected chi connectivity index (χ1v) is 4.12. The van der Waals surface area contributed by atoms with Crippen LogP contribution in [0.15, 0.2) is 12.3 Å². The molecule has 4 heteroatoms. The lowest BCUT2D eigenvalue weighted by molar-refractivity contribution is 0.931. The van der Waals surface area contributed by atoms with Gasteiger partial charge in [-0.05, 0) is 13.0 Å². The molecule has 0 amide bonds. The molecule has 0 saturated carbocycles. The van der Waals surface area contributed by atoms with E-state index >= 15 is 0 Å². The summed E-state index contributed by atoms with van der Waals surface area (Å²) in [6, 6.07) is 1.65. The van der Waals surface area contributed by atoms with Gasteiger partial charge in [0.2, 0.25) is 0 Å². The van der Waals surface area contributed by atoms with Gasteiger partial charge in [-0.1, -0.05) is 27.5 Å². The molecule has 1 rings (SSSR count). The molecular formula is C6H6BrClN2. The second kappa shape index (κ2) is 3.30. The van der Waals surface area contributed by atoms with Crippen LogP contribution in [0.2, 0.25) is 5.15 Å². The number of halogens is 2. The Hall–Kier alpha value is -0.150. The van der Waals surface area contributed by atoms with Crippen molar-refractivity contribution >= 4 is 27.5 Å². The Morgan fingerprint density at radius 3 is 2.80 bits per heavy atom. The Labute approximate surface area is 72.8 Å². The Balaban J connectivity index is 2.96. The lowest BCUT2D eigenvalue weighted by atomic mass is 10.4. The van der Waals surface area contributed by atoms with Crippen molar-refractivity contribution in [3.63, 3.8) is 0 Å². The summed E-state index contributed by atoms with van der Waals surface area (Å²) in [6.07, 6.45) is 1.64. The van der Waals surface area contributed by atoms with E-state index in [1.165, 1.54) is 0 Å². The molecule has 10 heavy (non-hydrogen) atoms. The van der Waals surface area contributed by atoms with Crippen molar-refractivity contribution in [2.45, 2.75) is 11.8 Å². The van der Waals surface area contributed by atoms with Gasteiger partial charge in [-0.15, -0.1) is 0 Å². The first-order chi connectivity index (χ1) is 4.70. The average Bonchev–Trinajstić information content (AvgIpc) is 1.88. The van der Waals surface area contributed by atoms with Gasteiger partial charge in [-0.2, -0.15) is 0 Å². The van der Waals surface area contributed by atoms with Crippen LogP contribution in [-0.4, -0.2) is 9.97 Å². The smallest absolute Gasteiger partial charge is 0.143 e. The van der Waals surface area contributed by atoms with Crippen LogP contribution in [0.4, 0.5) is 0 Å². The van der Waals surface area contributed by atoms with Crippen LogP contribution in [0.1, 0.15) is 17.6 Å². The van der Waals surface area contributed by atoms with Crippen LogP contribution in [0.25, 0.3) is 0 Å². The zero-order valence-corrected chi connectivity index (χ0v) is 7.72. The van der Waals surface area contributed by atoms with E-state index in [9.17, 15) is 0 Å². The standard InChI is InChI=1S/C6H6BrClN2/c1-4(7)6-9-3-2-5(8)10-6/h2-4H,1H3/t4-/m0/s1. The molecule has 0 aliphatic heterocycles. The number of hydrogen-bond donors (Lipinski definition) is 0.